The normalized spacial score (nSPS) is 12.0. The highest BCUT2D eigenvalue weighted by atomic mass is 16.5. The summed E-state index contributed by atoms with van der Waals surface area (Å²) in [6.07, 6.45) is 3.88. The molecule has 0 amide bonds. The molecule has 5 heteroatoms. The van der Waals surface area contributed by atoms with Gasteiger partial charge in [0.05, 0.1) is 27.6 Å². The molecule has 0 saturated heterocycles. The first-order chi connectivity index (χ1) is 24.8. The molecule has 4 aromatic heterocycles. The highest BCUT2D eigenvalue weighted by molar-refractivity contribution is 6.19. The Morgan fingerprint density at radius 1 is 0.380 bits per heavy atom. The van der Waals surface area contributed by atoms with Crippen molar-refractivity contribution in [1.82, 2.24) is 18.5 Å². The monoisotopic (exact) mass is 640 g/mol. The molecule has 0 aliphatic rings. The van der Waals surface area contributed by atoms with Crippen LogP contribution in [0.2, 0.25) is 0 Å². The van der Waals surface area contributed by atoms with E-state index < -0.39 is 0 Å². The third kappa shape index (κ3) is 3.86. The van der Waals surface area contributed by atoms with Crippen LogP contribution in [0.15, 0.2) is 170 Å². The Balaban J connectivity index is 1.10. The third-order valence-electron chi connectivity index (χ3n) is 10.1. The van der Waals surface area contributed by atoms with Crippen molar-refractivity contribution >= 4 is 70.9 Å². The maximum atomic E-state index is 6.62. The molecular weight excluding hydrogens is 613 g/mol. The fourth-order valence-electron chi connectivity index (χ4n) is 8.00. The van der Waals surface area contributed by atoms with E-state index in [4.69, 9.17) is 9.72 Å². The SMILES string of the molecule is c1ccc(-n2c3ccccc3c3cc4c5ccccc5n(-c5cccc(Oc6ccc7c8ccccc8n8ccnc8c7c6)c5)c4cc32)cc1. The van der Waals surface area contributed by atoms with Crippen molar-refractivity contribution in [3.05, 3.63) is 170 Å². The summed E-state index contributed by atoms with van der Waals surface area (Å²) in [4.78, 5) is 4.71. The van der Waals surface area contributed by atoms with Crippen LogP contribution in [0, 0.1) is 0 Å². The van der Waals surface area contributed by atoms with Crippen molar-refractivity contribution in [3.8, 4) is 22.9 Å². The standard InChI is InChI=1S/C45H28N4O/c1-2-11-29(12-3-1)48-41-19-8-5-16-35(41)37-27-38-36-17-6-9-20-42(36)49(44(38)28-43(37)48)30-13-10-14-31(25-30)50-32-21-22-33-34-15-4-7-18-40(34)47-24-23-46-45(47)39(33)26-32/h1-28H. The molecule has 0 aliphatic carbocycles. The lowest BCUT2D eigenvalue weighted by Crippen LogP contribution is -1.96. The third-order valence-corrected chi connectivity index (χ3v) is 10.1. The van der Waals surface area contributed by atoms with Gasteiger partial charge in [0.2, 0.25) is 0 Å². The number of ether oxygens (including phenoxy) is 1. The Morgan fingerprint density at radius 2 is 0.980 bits per heavy atom. The minimum Gasteiger partial charge on any atom is -0.457 e. The first-order valence-electron chi connectivity index (χ1n) is 16.9. The van der Waals surface area contributed by atoms with Crippen LogP contribution in [0.4, 0.5) is 0 Å². The van der Waals surface area contributed by atoms with E-state index in [1.165, 1.54) is 38.0 Å². The number of aromatic nitrogens is 4. The van der Waals surface area contributed by atoms with E-state index in [1.54, 1.807) is 0 Å². The molecular formula is C45H28N4O. The molecule has 4 heterocycles. The second-order valence-electron chi connectivity index (χ2n) is 12.9. The topological polar surface area (TPSA) is 36.4 Å². The van der Waals surface area contributed by atoms with Crippen LogP contribution >= 0.6 is 0 Å². The predicted molar refractivity (Wildman–Crippen MR) is 205 cm³/mol. The molecule has 0 fully saturated rings. The molecule has 50 heavy (non-hydrogen) atoms. The number of hydrogen-bond donors (Lipinski definition) is 0. The molecule has 0 radical (unpaired) electrons. The van der Waals surface area contributed by atoms with Gasteiger partial charge in [-0.15, -0.1) is 0 Å². The van der Waals surface area contributed by atoms with Gasteiger partial charge >= 0.3 is 0 Å². The first kappa shape index (κ1) is 27.1. The smallest absolute Gasteiger partial charge is 0.145 e. The van der Waals surface area contributed by atoms with Crippen molar-refractivity contribution in [2.45, 2.75) is 0 Å². The van der Waals surface area contributed by atoms with Gasteiger partial charge in [0.15, 0.2) is 0 Å². The van der Waals surface area contributed by atoms with Gasteiger partial charge in [-0.3, -0.25) is 4.40 Å². The van der Waals surface area contributed by atoms with E-state index in [0.717, 1.165) is 55.8 Å². The number of fused-ring (bicyclic) bond motifs is 12. The molecule has 0 atom stereocenters. The first-order valence-corrected chi connectivity index (χ1v) is 16.9. The van der Waals surface area contributed by atoms with Gasteiger partial charge in [0.25, 0.3) is 0 Å². The van der Waals surface area contributed by atoms with E-state index >= 15 is 0 Å². The maximum Gasteiger partial charge on any atom is 0.145 e. The van der Waals surface area contributed by atoms with E-state index in [-0.39, 0.29) is 0 Å². The van der Waals surface area contributed by atoms with E-state index in [2.05, 4.69) is 165 Å². The lowest BCUT2D eigenvalue weighted by Gasteiger charge is -2.13. The lowest BCUT2D eigenvalue weighted by atomic mass is 10.1. The molecule has 0 aliphatic heterocycles. The zero-order chi connectivity index (χ0) is 32.8. The van der Waals surface area contributed by atoms with Crippen molar-refractivity contribution in [2.24, 2.45) is 0 Å². The van der Waals surface area contributed by atoms with Crippen molar-refractivity contribution in [3.63, 3.8) is 0 Å². The summed E-state index contributed by atoms with van der Waals surface area (Å²) in [6, 6.07) is 55.9. The second kappa shape index (κ2) is 10.3. The molecule has 0 bridgehead atoms. The van der Waals surface area contributed by atoms with Gasteiger partial charge in [-0.25, -0.2) is 4.98 Å². The molecule has 11 aromatic rings. The van der Waals surface area contributed by atoms with Gasteiger partial charge in [-0.05, 0) is 78.2 Å². The Bertz CT molecular complexity index is 3130. The van der Waals surface area contributed by atoms with Crippen LogP contribution in [0.3, 0.4) is 0 Å². The summed E-state index contributed by atoms with van der Waals surface area (Å²) >= 11 is 0. The van der Waals surface area contributed by atoms with E-state index in [9.17, 15) is 0 Å². The number of rotatable bonds is 4. The van der Waals surface area contributed by atoms with Crippen LogP contribution in [-0.2, 0) is 0 Å². The molecule has 234 valence electrons. The number of benzene rings is 7. The van der Waals surface area contributed by atoms with Gasteiger partial charge in [0, 0.05) is 62.2 Å². The lowest BCUT2D eigenvalue weighted by molar-refractivity contribution is 0.483. The minimum absolute atomic E-state index is 0.770. The van der Waals surface area contributed by atoms with E-state index in [1.807, 2.05) is 18.5 Å². The van der Waals surface area contributed by atoms with E-state index in [0.29, 0.717) is 0 Å². The summed E-state index contributed by atoms with van der Waals surface area (Å²) < 4.78 is 13.5. The van der Waals surface area contributed by atoms with Crippen molar-refractivity contribution in [1.29, 1.82) is 0 Å². The number of para-hydroxylation sites is 4. The van der Waals surface area contributed by atoms with Gasteiger partial charge in [-0.2, -0.15) is 0 Å². The zero-order valence-electron chi connectivity index (χ0n) is 26.9. The van der Waals surface area contributed by atoms with Crippen LogP contribution < -0.4 is 4.74 Å². The summed E-state index contributed by atoms with van der Waals surface area (Å²) in [5, 5.41) is 8.34. The van der Waals surface area contributed by atoms with Crippen LogP contribution in [0.5, 0.6) is 11.5 Å². The van der Waals surface area contributed by atoms with Crippen LogP contribution in [-0.4, -0.2) is 18.5 Å². The Labute approximate surface area is 286 Å². The Hall–Kier alpha value is -6.85. The Morgan fingerprint density at radius 3 is 1.72 bits per heavy atom. The van der Waals surface area contributed by atoms with Crippen molar-refractivity contribution < 1.29 is 4.74 Å². The quantitative estimate of drug-likeness (QED) is 0.180. The van der Waals surface area contributed by atoms with Gasteiger partial charge in [-0.1, -0.05) is 78.9 Å². The number of imidazole rings is 1. The molecule has 0 spiro atoms. The molecule has 5 nitrogen and oxygen atoms in total. The van der Waals surface area contributed by atoms with Gasteiger partial charge < -0.3 is 13.9 Å². The van der Waals surface area contributed by atoms with Gasteiger partial charge in [0.1, 0.15) is 17.1 Å². The fourth-order valence-corrected chi connectivity index (χ4v) is 8.00. The molecule has 0 unspecified atom stereocenters. The molecule has 7 aromatic carbocycles. The highest BCUT2D eigenvalue weighted by Crippen LogP contribution is 2.40. The fraction of sp³-hybridized carbons (Fsp3) is 0. The molecule has 0 saturated carbocycles. The van der Waals surface area contributed by atoms with Crippen LogP contribution in [0.25, 0.3) is 82.3 Å². The number of hydrogen-bond acceptors (Lipinski definition) is 2. The molecule has 11 rings (SSSR count). The number of pyridine rings is 1. The highest BCUT2D eigenvalue weighted by Gasteiger charge is 2.19. The number of nitrogens with zero attached hydrogens (tertiary/aromatic N) is 4. The summed E-state index contributed by atoms with van der Waals surface area (Å²) in [5.74, 6) is 1.54. The van der Waals surface area contributed by atoms with Crippen LogP contribution in [0.1, 0.15) is 0 Å². The largest absolute Gasteiger partial charge is 0.457 e. The second-order valence-corrected chi connectivity index (χ2v) is 12.9. The average molecular weight is 641 g/mol. The summed E-state index contributed by atoms with van der Waals surface area (Å²) in [6.45, 7) is 0. The predicted octanol–water partition coefficient (Wildman–Crippen LogP) is 11.6. The molecule has 0 N–H and O–H groups in total. The Kier molecular flexibility index (Phi) is 5.60. The maximum absolute atomic E-state index is 6.62. The summed E-state index contributed by atoms with van der Waals surface area (Å²) in [7, 11) is 0. The average Bonchev–Trinajstić information content (AvgIpc) is 3.88. The zero-order valence-corrected chi connectivity index (χ0v) is 26.9. The summed E-state index contributed by atoms with van der Waals surface area (Å²) in [5.41, 5.74) is 8.92. The minimum atomic E-state index is 0.770. The van der Waals surface area contributed by atoms with Crippen molar-refractivity contribution in [2.75, 3.05) is 0 Å².